The van der Waals surface area contributed by atoms with Crippen LogP contribution in [0.1, 0.15) is 24.5 Å². The molecule has 3 rings (SSSR count). The molecule has 148 valence electrons. The van der Waals surface area contributed by atoms with Crippen LogP contribution in [-0.4, -0.2) is 24.5 Å². The van der Waals surface area contributed by atoms with Gasteiger partial charge >= 0.3 is 6.18 Å². The fraction of sp³-hybridized carbons (Fsp3) is 0.300. The molecule has 28 heavy (non-hydrogen) atoms. The van der Waals surface area contributed by atoms with Crippen molar-refractivity contribution in [1.82, 2.24) is 5.32 Å². The number of nitrogens with zero attached hydrogens (tertiary/aromatic N) is 1. The lowest BCUT2D eigenvalue weighted by Gasteiger charge is -2.32. The zero-order valence-corrected chi connectivity index (χ0v) is 15.1. The van der Waals surface area contributed by atoms with Gasteiger partial charge in [0.05, 0.1) is 11.3 Å². The Morgan fingerprint density at radius 3 is 2.68 bits per heavy atom. The molecule has 2 aromatic carbocycles. The van der Waals surface area contributed by atoms with Gasteiger partial charge in [-0.25, -0.2) is 0 Å². The number of hydrogen-bond donors (Lipinski definition) is 1. The van der Waals surface area contributed by atoms with Crippen molar-refractivity contribution in [3.05, 3.63) is 59.7 Å². The van der Waals surface area contributed by atoms with E-state index in [2.05, 4.69) is 5.32 Å². The van der Waals surface area contributed by atoms with Gasteiger partial charge in [0.15, 0.2) is 6.10 Å². The number of fused-ring (bicyclic) bond motifs is 1. The van der Waals surface area contributed by atoms with Gasteiger partial charge in [0.25, 0.3) is 5.91 Å². The number of para-hydroxylation sites is 2. The van der Waals surface area contributed by atoms with Crippen LogP contribution in [-0.2, 0) is 22.3 Å². The third kappa shape index (κ3) is 4.44. The van der Waals surface area contributed by atoms with Gasteiger partial charge in [0, 0.05) is 19.5 Å². The number of benzene rings is 2. The number of amides is 2. The Hall–Kier alpha value is -3.03. The predicted molar refractivity (Wildman–Crippen MR) is 96.8 cm³/mol. The summed E-state index contributed by atoms with van der Waals surface area (Å²) in [6.45, 7) is 1.77. The summed E-state index contributed by atoms with van der Waals surface area (Å²) >= 11 is 0. The Labute approximate surface area is 160 Å². The van der Waals surface area contributed by atoms with Crippen molar-refractivity contribution in [2.75, 3.05) is 11.4 Å². The number of carbonyl (C=O) groups is 2. The topological polar surface area (TPSA) is 58.6 Å². The maximum absolute atomic E-state index is 12.7. The van der Waals surface area contributed by atoms with Crippen molar-refractivity contribution in [2.24, 2.45) is 0 Å². The summed E-state index contributed by atoms with van der Waals surface area (Å²) in [5, 5.41) is 2.59. The van der Waals surface area contributed by atoms with Crippen LogP contribution in [0.4, 0.5) is 18.9 Å². The summed E-state index contributed by atoms with van der Waals surface area (Å²) in [6.07, 6.45) is -5.06. The van der Waals surface area contributed by atoms with Crippen molar-refractivity contribution >= 4 is 17.5 Å². The summed E-state index contributed by atoms with van der Waals surface area (Å²) in [5.41, 5.74) is 0.185. The highest BCUT2D eigenvalue weighted by atomic mass is 19.4. The quantitative estimate of drug-likeness (QED) is 0.847. The molecule has 0 aromatic heterocycles. The summed E-state index contributed by atoms with van der Waals surface area (Å²) in [4.78, 5) is 26.0. The van der Waals surface area contributed by atoms with E-state index in [-0.39, 0.29) is 31.3 Å². The number of rotatable bonds is 5. The van der Waals surface area contributed by atoms with Gasteiger partial charge in [0.1, 0.15) is 5.75 Å². The number of nitrogens with one attached hydrogen (secondary N) is 1. The van der Waals surface area contributed by atoms with Crippen LogP contribution < -0.4 is 15.0 Å². The standard InChI is InChI=1S/C20H19F3N2O3/c1-13-19(27)25(16-7-2-3-8-17(16)28-13)10-9-18(26)24-12-14-5-4-6-15(11-14)20(21,22)23/h2-8,11,13H,9-10,12H2,1H3,(H,24,26). The molecule has 1 heterocycles. The Kier molecular flexibility index (Phi) is 5.58. The van der Waals surface area contributed by atoms with Gasteiger partial charge in [0.2, 0.25) is 5.91 Å². The highest BCUT2D eigenvalue weighted by Gasteiger charge is 2.32. The number of ether oxygens (including phenoxy) is 1. The molecule has 1 atom stereocenters. The Morgan fingerprint density at radius 1 is 1.18 bits per heavy atom. The lowest BCUT2D eigenvalue weighted by molar-refractivity contribution is -0.137. The smallest absolute Gasteiger partial charge is 0.416 e. The zero-order chi connectivity index (χ0) is 20.3. The minimum absolute atomic E-state index is 0.0196. The van der Waals surface area contributed by atoms with Crippen molar-refractivity contribution in [3.8, 4) is 5.75 Å². The van der Waals surface area contributed by atoms with Gasteiger partial charge in [-0.05, 0) is 36.8 Å². The Morgan fingerprint density at radius 2 is 1.93 bits per heavy atom. The van der Waals surface area contributed by atoms with E-state index in [1.807, 2.05) is 0 Å². The molecular formula is C20H19F3N2O3. The van der Waals surface area contributed by atoms with Crippen LogP contribution in [0.3, 0.4) is 0 Å². The first-order chi connectivity index (χ1) is 13.3. The Bertz CT molecular complexity index is 883. The molecule has 1 unspecified atom stereocenters. The van der Waals surface area contributed by atoms with Crippen molar-refractivity contribution in [3.63, 3.8) is 0 Å². The van der Waals surface area contributed by atoms with E-state index in [4.69, 9.17) is 4.74 Å². The maximum Gasteiger partial charge on any atom is 0.416 e. The predicted octanol–water partition coefficient (Wildman–Crippen LogP) is 3.53. The van der Waals surface area contributed by atoms with E-state index < -0.39 is 17.8 Å². The van der Waals surface area contributed by atoms with Gasteiger partial charge < -0.3 is 15.0 Å². The molecule has 0 spiro atoms. The van der Waals surface area contributed by atoms with Crippen LogP contribution in [0.2, 0.25) is 0 Å². The fourth-order valence-corrected chi connectivity index (χ4v) is 2.95. The molecule has 0 radical (unpaired) electrons. The van der Waals surface area contributed by atoms with E-state index >= 15 is 0 Å². The summed E-state index contributed by atoms with van der Waals surface area (Å²) in [5.74, 6) is -0.0369. The first-order valence-corrected chi connectivity index (χ1v) is 8.75. The molecule has 1 aliphatic heterocycles. The molecule has 2 amide bonds. The van der Waals surface area contributed by atoms with Crippen LogP contribution in [0.5, 0.6) is 5.75 Å². The van der Waals surface area contributed by atoms with Crippen LogP contribution in [0, 0.1) is 0 Å². The summed E-state index contributed by atoms with van der Waals surface area (Å²) in [7, 11) is 0. The van der Waals surface area contributed by atoms with Crippen molar-refractivity contribution in [2.45, 2.75) is 32.2 Å². The molecule has 1 aliphatic rings. The molecule has 1 N–H and O–H groups in total. The average molecular weight is 392 g/mol. The van der Waals surface area contributed by atoms with E-state index in [1.165, 1.54) is 17.0 Å². The third-order valence-corrected chi connectivity index (χ3v) is 4.38. The molecule has 0 bridgehead atoms. The molecule has 0 fully saturated rings. The minimum atomic E-state index is -4.43. The highest BCUT2D eigenvalue weighted by molar-refractivity contribution is 6.00. The van der Waals surface area contributed by atoms with E-state index in [0.29, 0.717) is 17.0 Å². The molecule has 0 saturated heterocycles. The van der Waals surface area contributed by atoms with Gasteiger partial charge in [-0.3, -0.25) is 9.59 Å². The molecular weight excluding hydrogens is 373 g/mol. The van der Waals surface area contributed by atoms with E-state index in [9.17, 15) is 22.8 Å². The maximum atomic E-state index is 12.7. The van der Waals surface area contributed by atoms with Crippen molar-refractivity contribution in [1.29, 1.82) is 0 Å². The average Bonchev–Trinajstić information content (AvgIpc) is 2.66. The summed E-state index contributed by atoms with van der Waals surface area (Å²) in [6, 6.07) is 11.8. The second-order valence-electron chi connectivity index (χ2n) is 6.44. The van der Waals surface area contributed by atoms with E-state index in [0.717, 1.165) is 12.1 Å². The Balaban J connectivity index is 1.58. The SMILES string of the molecule is CC1Oc2ccccc2N(CCC(=O)NCc2cccc(C(F)(F)F)c2)C1=O. The van der Waals surface area contributed by atoms with Crippen LogP contribution >= 0.6 is 0 Å². The summed E-state index contributed by atoms with van der Waals surface area (Å²) < 4.78 is 43.8. The van der Waals surface area contributed by atoms with E-state index in [1.54, 1.807) is 31.2 Å². The number of alkyl halides is 3. The molecule has 0 saturated carbocycles. The van der Waals surface area contributed by atoms with Crippen LogP contribution in [0.15, 0.2) is 48.5 Å². The fourth-order valence-electron chi connectivity index (χ4n) is 2.95. The molecule has 5 nitrogen and oxygen atoms in total. The second kappa shape index (κ2) is 7.92. The molecule has 8 heteroatoms. The monoisotopic (exact) mass is 392 g/mol. The second-order valence-corrected chi connectivity index (χ2v) is 6.44. The lowest BCUT2D eigenvalue weighted by Crippen LogP contribution is -2.45. The van der Waals surface area contributed by atoms with Gasteiger partial charge in [-0.15, -0.1) is 0 Å². The molecule has 2 aromatic rings. The largest absolute Gasteiger partial charge is 0.479 e. The number of hydrogen-bond acceptors (Lipinski definition) is 3. The van der Waals surface area contributed by atoms with Crippen molar-refractivity contribution < 1.29 is 27.5 Å². The van der Waals surface area contributed by atoms with Gasteiger partial charge in [-0.2, -0.15) is 13.2 Å². The first-order valence-electron chi connectivity index (χ1n) is 8.75. The number of halogens is 3. The highest BCUT2D eigenvalue weighted by Crippen LogP contribution is 2.33. The number of carbonyl (C=O) groups excluding carboxylic acids is 2. The molecule has 0 aliphatic carbocycles. The number of anilines is 1. The first kappa shape index (κ1) is 19.7. The zero-order valence-electron chi connectivity index (χ0n) is 15.1. The van der Waals surface area contributed by atoms with Gasteiger partial charge in [-0.1, -0.05) is 24.3 Å². The van der Waals surface area contributed by atoms with Crippen LogP contribution in [0.25, 0.3) is 0 Å². The third-order valence-electron chi connectivity index (χ3n) is 4.38. The normalized spacial score (nSPS) is 16.4. The lowest BCUT2D eigenvalue weighted by atomic mass is 10.1. The minimum Gasteiger partial charge on any atom is -0.479 e.